The third kappa shape index (κ3) is 4.37. The monoisotopic (exact) mass is 710 g/mol. The summed E-state index contributed by atoms with van der Waals surface area (Å²) in [6.45, 7) is 3.81. The number of anilines is 2. The number of rotatable bonds is 2. The maximum absolute atomic E-state index is 14.6. The molecule has 0 saturated heterocycles. The normalized spacial score (nSPS) is 19.0. The van der Waals surface area contributed by atoms with Crippen molar-refractivity contribution in [3.05, 3.63) is 110 Å². The van der Waals surface area contributed by atoms with E-state index in [1.165, 1.54) is 29.6 Å². The van der Waals surface area contributed by atoms with E-state index in [4.69, 9.17) is 14.2 Å². The van der Waals surface area contributed by atoms with Gasteiger partial charge in [0.1, 0.15) is 11.5 Å². The maximum atomic E-state index is 14.6. The van der Waals surface area contributed by atoms with Crippen LogP contribution in [0.4, 0.5) is 28.9 Å². The van der Waals surface area contributed by atoms with Gasteiger partial charge < -0.3 is 24.0 Å². The van der Waals surface area contributed by atoms with Crippen molar-refractivity contribution in [3.63, 3.8) is 0 Å². The lowest BCUT2D eigenvalue weighted by atomic mass is 9.73. The SMILES string of the molecule is O=C(Oc1c(F)c(F)cc(F)c1F)c1ccc2c(c1)C1(OC2=O)c2cc3c4c(c2Oc2c1cc1c5c2CCCN5CCCC1)CCCN4CCCC3. The van der Waals surface area contributed by atoms with Crippen LogP contribution in [-0.4, -0.2) is 38.1 Å². The van der Waals surface area contributed by atoms with Gasteiger partial charge in [-0.3, -0.25) is 0 Å². The fourth-order valence-corrected chi connectivity index (χ4v) is 9.56. The number of hydrogen-bond donors (Lipinski definition) is 0. The maximum Gasteiger partial charge on any atom is 0.343 e. The summed E-state index contributed by atoms with van der Waals surface area (Å²) in [6.07, 6.45) is 9.24. The Bertz CT molecular complexity index is 2160. The Morgan fingerprint density at radius 1 is 0.673 bits per heavy atom. The second-order valence-corrected chi connectivity index (χ2v) is 14.7. The molecule has 4 aromatic carbocycles. The van der Waals surface area contributed by atoms with Crippen LogP contribution in [0.25, 0.3) is 0 Å². The van der Waals surface area contributed by atoms with Crippen LogP contribution in [0.5, 0.6) is 17.2 Å². The van der Waals surface area contributed by atoms with E-state index in [-0.39, 0.29) is 17.2 Å². The molecule has 0 aliphatic carbocycles. The Balaban J connectivity index is 1.23. The van der Waals surface area contributed by atoms with Gasteiger partial charge in [0, 0.05) is 71.4 Å². The first-order chi connectivity index (χ1) is 25.2. The van der Waals surface area contributed by atoms with Gasteiger partial charge in [-0.25, -0.2) is 18.4 Å². The summed E-state index contributed by atoms with van der Waals surface area (Å²) in [5.74, 6) is -9.07. The fourth-order valence-electron chi connectivity index (χ4n) is 9.56. The van der Waals surface area contributed by atoms with Crippen molar-refractivity contribution in [3.8, 4) is 17.2 Å². The molecule has 0 N–H and O–H groups in total. The van der Waals surface area contributed by atoms with Crippen LogP contribution in [0, 0.1) is 23.3 Å². The van der Waals surface area contributed by atoms with E-state index in [1.54, 1.807) is 0 Å². The Labute approximate surface area is 297 Å². The molecule has 4 aromatic rings. The van der Waals surface area contributed by atoms with Gasteiger partial charge >= 0.3 is 11.9 Å². The van der Waals surface area contributed by atoms with Gasteiger partial charge in [-0.15, -0.1) is 0 Å². The first-order valence-electron chi connectivity index (χ1n) is 18.2. The summed E-state index contributed by atoms with van der Waals surface area (Å²) >= 11 is 0. The molecule has 0 radical (unpaired) electrons. The number of fused-ring (bicyclic) bond motifs is 8. The van der Waals surface area contributed by atoms with Gasteiger partial charge in [-0.05, 0) is 106 Å². The molecule has 10 rings (SSSR count). The average molecular weight is 711 g/mol. The highest BCUT2D eigenvalue weighted by molar-refractivity contribution is 6.00. The lowest BCUT2D eigenvalue weighted by Gasteiger charge is -2.43. The van der Waals surface area contributed by atoms with Gasteiger partial charge in [0.25, 0.3) is 0 Å². The van der Waals surface area contributed by atoms with Crippen molar-refractivity contribution < 1.29 is 41.4 Å². The Hall–Kier alpha value is -5.06. The molecular formula is C41H34F4N2O5. The summed E-state index contributed by atoms with van der Waals surface area (Å²) in [4.78, 5) is 32.5. The number of benzene rings is 4. The molecule has 6 aliphatic rings. The summed E-state index contributed by atoms with van der Waals surface area (Å²) in [5.41, 5.74) is 7.09. The van der Waals surface area contributed by atoms with Crippen LogP contribution in [0.15, 0.2) is 36.4 Å². The van der Waals surface area contributed by atoms with Gasteiger partial charge in [0.15, 0.2) is 17.2 Å². The largest absolute Gasteiger partial charge is 0.456 e. The van der Waals surface area contributed by atoms with Gasteiger partial charge in [0.05, 0.1) is 11.1 Å². The number of carbonyl (C=O) groups excluding carboxylic acids is 2. The Kier molecular flexibility index (Phi) is 6.98. The van der Waals surface area contributed by atoms with Gasteiger partial charge in [-0.2, -0.15) is 8.78 Å². The van der Waals surface area contributed by atoms with E-state index in [2.05, 4.69) is 21.9 Å². The topological polar surface area (TPSA) is 68.3 Å². The number of hydrogen-bond acceptors (Lipinski definition) is 7. The van der Waals surface area contributed by atoms with Crippen molar-refractivity contribution >= 4 is 23.3 Å². The minimum atomic E-state index is -1.83. The van der Waals surface area contributed by atoms with Crippen LogP contribution >= 0.6 is 0 Å². The van der Waals surface area contributed by atoms with E-state index in [0.29, 0.717) is 28.2 Å². The molecule has 0 fully saturated rings. The zero-order chi connectivity index (χ0) is 35.5. The van der Waals surface area contributed by atoms with Crippen molar-refractivity contribution in [1.29, 1.82) is 0 Å². The second-order valence-electron chi connectivity index (χ2n) is 14.7. The molecule has 266 valence electrons. The smallest absolute Gasteiger partial charge is 0.343 e. The summed E-state index contributed by atoms with van der Waals surface area (Å²) in [7, 11) is 0. The van der Waals surface area contributed by atoms with Crippen molar-refractivity contribution in [1.82, 2.24) is 0 Å². The molecule has 0 atom stereocenters. The predicted octanol–water partition coefficient (Wildman–Crippen LogP) is 8.21. The lowest BCUT2D eigenvalue weighted by Crippen LogP contribution is -2.37. The minimum absolute atomic E-state index is 0.0462. The molecule has 6 aliphatic heterocycles. The van der Waals surface area contributed by atoms with Crippen LogP contribution in [0.1, 0.15) is 98.2 Å². The Morgan fingerprint density at radius 2 is 1.23 bits per heavy atom. The van der Waals surface area contributed by atoms with Crippen LogP contribution in [-0.2, 0) is 36.0 Å². The van der Waals surface area contributed by atoms with Crippen molar-refractivity contribution in [2.75, 3.05) is 36.0 Å². The van der Waals surface area contributed by atoms with E-state index >= 15 is 0 Å². The summed E-state index contributed by atoms with van der Waals surface area (Å²) in [5, 5.41) is 0. The molecule has 0 amide bonds. The van der Waals surface area contributed by atoms with Crippen LogP contribution in [0.2, 0.25) is 0 Å². The van der Waals surface area contributed by atoms with Gasteiger partial charge in [-0.1, -0.05) is 0 Å². The highest BCUT2D eigenvalue weighted by atomic mass is 19.2. The molecule has 0 unspecified atom stereocenters. The molecule has 0 saturated carbocycles. The lowest BCUT2D eigenvalue weighted by molar-refractivity contribution is 0.0222. The molecular weight excluding hydrogens is 676 g/mol. The number of aryl methyl sites for hydroxylation is 2. The third-order valence-electron chi connectivity index (χ3n) is 11.8. The summed E-state index contributed by atoms with van der Waals surface area (Å²) < 4.78 is 76.1. The quantitative estimate of drug-likeness (QED) is 0.0900. The van der Waals surface area contributed by atoms with Gasteiger partial charge in [0.2, 0.25) is 17.4 Å². The first kappa shape index (κ1) is 31.7. The number of halogens is 4. The number of ether oxygens (including phenoxy) is 3. The minimum Gasteiger partial charge on any atom is -0.456 e. The van der Waals surface area contributed by atoms with Crippen molar-refractivity contribution in [2.45, 2.75) is 69.8 Å². The van der Waals surface area contributed by atoms with E-state index in [9.17, 15) is 27.2 Å². The molecule has 52 heavy (non-hydrogen) atoms. The van der Waals surface area contributed by atoms with E-state index in [0.717, 1.165) is 113 Å². The average Bonchev–Trinajstić information content (AvgIpc) is 3.30. The van der Waals surface area contributed by atoms with E-state index < -0.39 is 46.6 Å². The second kappa shape index (κ2) is 11.5. The first-order valence-corrected chi connectivity index (χ1v) is 18.2. The predicted molar refractivity (Wildman–Crippen MR) is 183 cm³/mol. The molecule has 6 heterocycles. The number of carbonyl (C=O) groups is 2. The molecule has 0 aromatic heterocycles. The fraction of sp³-hybridized carbons (Fsp3) is 0.366. The zero-order valence-corrected chi connectivity index (χ0v) is 28.3. The molecule has 7 nitrogen and oxygen atoms in total. The van der Waals surface area contributed by atoms with E-state index in [1.807, 2.05) is 0 Å². The number of nitrogens with zero attached hydrogens (tertiary/aromatic N) is 2. The standard InChI is InChI=1S/C41H34F4N2O5/c42-30-20-31(43)33(45)38(32(30)44)51-39(48)23-11-12-24-27(19-23)41(52-40(24)49)28-17-21-7-1-3-13-46-15-5-9-25(34(21)46)36(28)50-37-26-10-6-16-47-14-4-2-8-22(35(26)47)18-29(37)41/h11-12,17-20H,1-10,13-16H2. The molecule has 11 heteroatoms. The number of esters is 2. The third-order valence-corrected chi connectivity index (χ3v) is 11.8. The van der Waals surface area contributed by atoms with Crippen molar-refractivity contribution in [2.24, 2.45) is 0 Å². The zero-order valence-electron chi connectivity index (χ0n) is 28.3. The van der Waals surface area contributed by atoms with Crippen LogP contribution < -0.4 is 19.3 Å². The van der Waals surface area contributed by atoms with Crippen LogP contribution in [0.3, 0.4) is 0 Å². The Morgan fingerprint density at radius 3 is 1.81 bits per heavy atom. The highest BCUT2D eigenvalue weighted by Gasteiger charge is 2.56. The molecule has 0 bridgehead atoms. The molecule has 1 spiro atoms. The summed E-state index contributed by atoms with van der Waals surface area (Å²) in [6, 6.07) is 8.42. The highest BCUT2D eigenvalue weighted by Crippen LogP contribution is 2.62.